The predicted molar refractivity (Wildman–Crippen MR) is 211 cm³/mol. The van der Waals surface area contributed by atoms with Gasteiger partial charge in [0, 0.05) is 48.4 Å². The van der Waals surface area contributed by atoms with Crippen LogP contribution in [0.25, 0.3) is 11.0 Å². The van der Waals surface area contributed by atoms with E-state index in [9.17, 15) is 36.0 Å². The second kappa shape index (κ2) is 17.6. The van der Waals surface area contributed by atoms with Gasteiger partial charge in [-0.15, -0.1) is 0 Å². The van der Waals surface area contributed by atoms with E-state index in [-0.39, 0.29) is 56.8 Å². The zero-order chi connectivity index (χ0) is 40.2. The van der Waals surface area contributed by atoms with Crippen LogP contribution in [-0.2, 0) is 57.2 Å². The minimum absolute atomic E-state index is 0.00390. The van der Waals surface area contributed by atoms with Gasteiger partial charge in [-0.05, 0) is 89.6 Å². The molecule has 2 aliphatic rings. The second-order valence-electron chi connectivity index (χ2n) is 13.6. The van der Waals surface area contributed by atoms with Gasteiger partial charge in [-0.2, -0.15) is 0 Å². The highest BCUT2D eigenvalue weighted by atomic mass is 35.5. The standard InChI is InChI=1S/C38H38Cl2N2O11S3/c1-55(47,48)28-7-4-5-23(17-28)18-31(38(46)53-22-52-33(43)8-3-2-6-27-13-16-56(49,50)54-27)41-36(44)34-30(39)19-26-21-42(14-11-29(26)35(34)40)37(45)25-10-9-24-12-15-51-32(24)20-25/h4-5,7,9-10,12,15,17,19-20,27,31H,2-3,6,8,11,13-14,16,18,21-22H2,1H3,(H,41,44)/t27-,31?/m1/s1. The largest absolute Gasteiger partial charge is 0.464 e. The SMILES string of the molecule is CS(=O)(=O)c1cccc(CC(NC(=O)c2c(Cl)cc3c(c2Cl)CCN(C(=O)c2ccc4ccoc4c2)C3)C(=O)OCOC(=O)CCCC[C@@H]2CCS(=O)(=O)S2)c1. The highest BCUT2D eigenvalue weighted by molar-refractivity contribution is 8.72. The number of amides is 2. The molecule has 1 saturated heterocycles. The number of nitrogens with one attached hydrogen (secondary N) is 1. The number of furan rings is 1. The fourth-order valence-electron chi connectivity index (χ4n) is 6.61. The molecule has 2 atom stereocenters. The summed E-state index contributed by atoms with van der Waals surface area (Å²) in [6, 6.07) is 13.0. The van der Waals surface area contributed by atoms with Crippen molar-refractivity contribution in [2.45, 2.75) is 67.7 Å². The van der Waals surface area contributed by atoms with E-state index in [4.69, 9.17) is 37.1 Å². The number of esters is 2. The molecule has 13 nitrogen and oxygen atoms in total. The van der Waals surface area contributed by atoms with Gasteiger partial charge in [-0.3, -0.25) is 14.4 Å². The molecule has 56 heavy (non-hydrogen) atoms. The third-order valence-corrected chi connectivity index (χ3v) is 15.3. The van der Waals surface area contributed by atoms with Crippen LogP contribution in [0.4, 0.5) is 0 Å². The lowest BCUT2D eigenvalue weighted by molar-refractivity contribution is -0.168. The Morgan fingerprint density at radius 1 is 1.05 bits per heavy atom. The molecule has 4 aromatic rings. The summed E-state index contributed by atoms with van der Waals surface area (Å²) in [6.45, 7) is -0.256. The van der Waals surface area contributed by atoms with Crippen LogP contribution < -0.4 is 5.32 Å². The number of nitrogens with zero attached hydrogens (tertiary/aromatic N) is 1. The molecule has 298 valence electrons. The van der Waals surface area contributed by atoms with Gasteiger partial charge in [0.25, 0.3) is 11.8 Å². The van der Waals surface area contributed by atoms with E-state index in [1.165, 1.54) is 18.2 Å². The van der Waals surface area contributed by atoms with Crippen LogP contribution >= 0.6 is 34.0 Å². The quantitative estimate of drug-likeness (QED) is 0.0664. The third kappa shape index (κ3) is 10.3. The first-order valence-electron chi connectivity index (χ1n) is 17.7. The first-order chi connectivity index (χ1) is 26.6. The lowest BCUT2D eigenvalue weighted by atomic mass is 9.95. The van der Waals surface area contributed by atoms with Crippen molar-refractivity contribution in [3.05, 3.63) is 98.7 Å². The number of hydrogen-bond acceptors (Lipinski definition) is 12. The first-order valence-corrected chi connectivity index (χ1v) is 23.4. The molecule has 1 fully saturated rings. The Morgan fingerprint density at radius 2 is 1.86 bits per heavy atom. The number of hydrogen-bond donors (Lipinski definition) is 1. The van der Waals surface area contributed by atoms with E-state index >= 15 is 0 Å². The Hall–Kier alpha value is -4.09. The van der Waals surface area contributed by atoms with Crippen LogP contribution in [0.3, 0.4) is 0 Å². The average molecular weight is 866 g/mol. The summed E-state index contributed by atoms with van der Waals surface area (Å²) in [5.74, 6) is -2.46. The molecule has 2 amide bonds. The number of ether oxygens (including phenoxy) is 2. The lowest BCUT2D eigenvalue weighted by Gasteiger charge is -2.30. The minimum Gasteiger partial charge on any atom is -0.464 e. The Labute approximate surface area is 337 Å². The highest BCUT2D eigenvalue weighted by Gasteiger charge is 2.31. The number of carbonyl (C=O) groups is 4. The van der Waals surface area contributed by atoms with Crippen LogP contribution in [0.1, 0.15) is 69.5 Å². The topological polar surface area (TPSA) is 183 Å². The number of halogens is 2. The highest BCUT2D eigenvalue weighted by Crippen LogP contribution is 2.36. The number of rotatable bonds is 14. The van der Waals surface area contributed by atoms with E-state index < -0.39 is 49.4 Å². The molecule has 3 heterocycles. The van der Waals surface area contributed by atoms with Crippen LogP contribution in [-0.4, -0.2) is 82.1 Å². The number of fused-ring (bicyclic) bond motifs is 2. The summed E-state index contributed by atoms with van der Waals surface area (Å²) >= 11 is 13.5. The van der Waals surface area contributed by atoms with Gasteiger partial charge in [0.2, 0.25) is 15.7 Å². The zero-order valence-corrected chi connectivity index (χ0v) is 34.1. The second-order valence-corrected chi connectivity index (χ2v) is 20.9. The van der Waals surface area contributed by atoms with Crippen molar-refractivity contribution in [1.29, 1.82) is 0 Å². The molecule has 0 aliphatic carbocycles. The van der Waals surface area contributed by atoms with E-state index in [1.807, 2.05) is 0 Å². The maximum Gasteiger partial charge on any atom is 0.331 e. The van der Waals surface area contributed by atoms with Gasteiger partial charge in [-0.25, -0.2) is 21.6 Å². The Bertz CT molecular complexity index is 2400. The van der Waals surface area contributed by atoms with Crippen molar-refractivity contribution in [3.8, 4) is 0 Å². The zero-order valence-electron chi connectivity index (χ0n) is 30.1. The lowest BCUT2D eigenvalue weighted by Crippen LogP contribution is -2.44. The molecule has 2 aliphatic heterocycles. The van der Waals surface area contributed by atoms with Crippen LogP contribution in [0, 0.1) is 0 Å². The van der Waals surface area contributed by atoms with Crippen molar-refractivity contribution in [2.24, 2.45) is 0 Å². The molecule has 18 heteroatoms. The number of carbonyl (C=O) groups excluding carboxylic acids is 4. The van der Waals surface area contributed by atoms with E-state index in [0.717, 1.165) is 22.4 Å². The molecule has 1 unspecified atom stereocenters. The summed E-state index contributed by atoms with van der Waals surface area (Å²) in [5.41, 5.74) is 2.59. The molecule has 0 saturated carbocycles. The van der Waals surface area contributed by atoms with Gasteiger partial charge in [0.1, 0.15) is 11.6 Å². The van der Waals surface area contributed by atoms with Gasteiger partial charge in [0.15, 0.2) is 9.84 Å². The molecule has 3 aromatic carbocycles. The summed E-state index contributed by atoms with van der Waals surface area (Å²) in [6.07, 6.45) is 5.05. The number of benzene rings is 3. The normalized spacial score (nSPS) is 16.9. The predicted octanol–water partition coefficient (Wildman–Crippen LogP) is 6.12. The van der Waals surface area contributed by atoms with Crippen molar-refractivity contribution >= 4 is 87.4 Å². The molecule has 0 bridgehead atoms. The Balaban J connectivity index is 1.11. The first kappa shape index (κ1) is 41.5. The van der Waals surface area contributed by atoms with Crippen LogP contribution in [0.2, 0.25) is 10.0 Å². The van der Waals surface area contributed by atoms with Crippen LogP contribution in [0.5, 0.6) is 0 Å². The van der Waals surface area contributed by atoms with Crippen LogP contribution in [0.15, 0.2) is 70.2 Å². The van der Waals surface area contributed by atoms with Crippen molar-refractivity contribution in [1.82, 2.24) is 10.2 Å². The molecule has 0 radical (unpaired) electrons. The van der Waals surface area contributed by atoms with Gasteiger partial charge >= 0.3 is 11.9 Å². The Morgan fingerprint density at radius 3 is 2.61 bits per heavy atom. The monoisotopic (exact) mass is 864 g/mol. The average Bonchev–Trinajstić information content (AvgIpc) is 3.77. The summed E-state index contributed by atoms with van der Waals surface area (Å²) in [7, 11) is -5.68. The molecular weight excluding hydrogens is 828 g/mol. The molecule has 0 spiro atoms. The number of unbranched alkanes of at least 4 members (excludes halogenated alkanes) is 1. The smallest absolute Gasteiger partial charge is 0.331 e. The van der Waals surface area contributed by atoms with E-state index in [2.05, 4.69) is 5.32 Å². The maximum atomic E-state index is 13.8. The summed E-state index contributed by atoms with van der Waals surface area (Å²) in [4.78, 5) is 54.6. The summed E-state index contributed by atoms with van der Waals surface area (Å²) < 4.78 is 63.5. The van der Waals surface area contributed by atoms with Crippen molar-refractivity contribution < 1.29 is 49.9 Å². The fraction of sp³-hybridized carbons (Fsp3) is 0.368. The maximum absolute atomic E-state index is 13.8. The van der Waals surface area contributed by atoms with Gasteiger partial charge in [-0.1, -0.05) is 47.8 Å². The Kier molecular flexibility index (Phi) is 13.0. The van der Waals surface area contributed by atoms with Crippen molar-refractivity contribution in [3.63, 3.8) is 0 Å². The third-order valence-electron chi connectivity index (χ3n) is 9.53. The fourth-order valence-corrected chi connectivity index (χ4v) is 12.2. The van der Waals surface area contributed by atoms with Gasteiger partial charge < -0.3 is 24.1 Å². The summed E-state index contributed by atoms with van der Waals surface area (Å²) in [5, 5.41) is 3.52. The molecule has 1 N–H and O–H groups in total. The van der Waals surface area contributed by atoms with E-state index in [1.54, 1.807) is 47.6 Å². The van der Waals surface area contributed by atoms with E-state index in [0.29, 0.717) is 66.5 Å². The number of sulfone groups is 1. The molecule has 1 aromatic heterocycles. The molecular formula is C38H38Cl2N2O11S3. The van der Waals surface area contributed by atoms with Gasteiger partial charge in [0.05, 0.1) is 32.5 Å². The van der Waals surface area contributed by atoms with Crippen molar-refractivity contribution in [2.75, 3.05) is 25.3 Å². The molecule has 6 rings (SSSR count). The minimum atomic E-state index is -3.60.